The van der Waals surface area contributed by atoms with Crippen molar-refractivity contribution in [3.05, 3.63) is 69.3 Å². The van der Waals surface area contributed by atoms with Crippen LogP contribution in [0.5, 0.6) is 0 Å². The first-order chi connectivity index (χ1) is 11.4. The van der Waals surface area contributed by atoms with E-state index in [1.165, 1.54) is 24.3 Å². The molecule has 5 heteroatoms. The van der Waals surface area contributed by atoms with Crippen LogP contribution in [-0.2, 0) is 0 Å². The largest absolute Gasteiger partial charge is 0.308 e. The van der Waals surface area contributed by atoms with Crippen LogP contribution in [0.1, 0.15) is 41.3 Å². The molecule has 0 saturated carbocycles. The molecule has 0 aromatic heterocycles. The number of amides is 1. The maximum absolute atomic E-state index is 12.9. The van der Waals surface area contributed by atoms with Crippen LogP contribution in [0.3, 0.4) is 0 Å². The summed E-state index contributed by atoms with van der Waals surface area (Å²) in [6, 6.07) is 11.8. The van der Waals surface area contributed by atoms with Crippen LogP contribution in [0.4, 0.5) is 11.4 Å². The molecule has 0 heterocycles. The zero-order valence-electron chi connectivity index (χ0n) is 14.3. The number of benzene rings is 2. The van der Waals surface area contributed by atoms with Gasteiger partial charge in [-0.25, -0.2) is 0 Å². The number of anilines is 1. The maximum Gasteiger partial charge on any atom is 0.269 e. The van der Waals surface area contributed by atoms with Gasteiger partial charge in [0.25, 0.3) is 11.6 Å². The average molecular weight is 326 g/mol. The zero-order chi connectivity index (χ0) is 17.7. The van der Waals surface area contributed by atoms with Crippen LogP contribution < -0.4 is 4.90 Å². The number of unbranched alkanes of at least 4 members (excludes halogenated alkanes) is 1. The Kier molecular flexibility index (Phi) is 5.68. The number of hydrogen-bond donors (Lipinski definition) is 0. The monoisotopic (exact) mass is 326 g/mol. The molecule has 0 radical (unpaired) electrons. The standard InChI is InChI=1S/C19H22N2O3/c1-4-5-12-20(18-11-6-14(2)13-15(18)3)19(22)16-7-9-17(10-8-16)21(23)24/h6-11,13H,4-5,12H2,1-3H3. The molecule has 0 fully saturated rings. The Morgan fingerprint density at radius 3 is 2.33 bits per heavy atom. The van der Waals surface area contributed by atoms with Gasteiger partial charge >= 0.3 is 0 Å². The van der Waals surface area contributed by atoms with Gasteiger partial charge in [0, 0.05) is 29.9 Å². The molecule has 0 unspecified atom stereocenters. The molecular formula is C19H22N2O3. The Balaban J connectivity index is 2.35. The summed E-state index contributed by atoms with van der Waals surface area (Å²) in [5.41, 5.74) is 3.52. The number of carbonyl (C=O) groups excluding carboxylic acids is 1. The van der Waals surface area contributed by atoms with Crippen molar-refractivity contribution in [2.24, 2.45) is 0 Å². The lowest BCUT2D eigenvalue weighted by atomic mass is 10.1. The zero-order valence-corrected chi connectivity index (χ0v) is 14.3. The smallest absolute Gasteiger partial charge is 0.269 e. The highest BCUT2D eigenvalue weighted by Gasteiger charge is 2.19. The second-order valence-electron chi connectivity index (χ2n) is 5.90. The van der Waals surface area contributed by atoms with Crippen molar-refractivity contribution in [2.45, 2.75) is 33.6 Å². The van der Waals surface area contributed by atoms with Crippen LogP contribution in [0.25, 0.3) is 0 Å². The minimum absolute atomic E-state index is 0.0156. The molecule has 0 aliphatic heterocycles. The molecule has 126 valence electrons. The fourth-order valence-electron chi connectivity index (χ4n) is 2.64. The van der Waals surface area contributed by atoms with Crippen LogP contribution >= 0.6 is 0 Å². The van der Waals surface area contributed by atoms with Gasteiger partial charge in [-0.05, 0) is 44.0 Å². The van der Waals surface area contributed by atoms with Gasteiger partial charge in [0.05, 0.1) is 4.92 Å². The summed E-state index contributed by atoms with van der Waals surface area (Å²) in [6.45, 7) is 6.71. The first-order valence-electron chi connectivity index (χ1n) is 8.07. The number of rotatable bonds is 6. The molecule has 1 amide bonds. The summed E-state index contributed by atoms with van der Waals surface area (Å²) in [5, 5.41) is 10.8. The lowest BCUT2D eigenvalue weighted by molar-refractivity contribution is -0.384. The number of nitro benzene ring substituents is 1. The van der Waals surface area contributed by atoms with Crippen molar-refractivity contribution in [1.29, 1.82) is 0 Å². The summed E-state index contributed by atoms with van der Waals surface area (Å²) >= 11 is 0. The fraction of sp³-hybridized carbons (Fsp3) is 0.316. The third kappa shape index (κ3) is 3.98. The first kappa shape index (κ1) is 17.7. The van der Waals surface area contributed by atoms with E-state index < -0.39 is 4.92 Å². The van der Waals surface area contributed by atoms with Crippen LogP contribution in [0.15, 0.2) is 42.5 Å². The summed E-state index contributed by atoms with van der Waals surface area (Å²) in [7, 11) is 0. The Labute approximate surface area is 142 Å². The van der Waals surface area contributed by atoms with E-state index in [2.05, 4.69) is 13.0 Å². The second-order valence-corrected chi connectivity index (χ2v) is 5.90. The molecule has 5 nitrogen and oxygen atoms in total. The van der Waals surface area contributed by atoms with Gasteiger partial charge in [-0.15, -0.1) is 0 Å². The topological polar surface area (TPSA) is 63.5 Å². The van der Waals surface area contributed by atoms with E-state index >= 15 is 0 Å². The van der Waals surface area contributed by atoms with Crippen molar-refractivity contribution < 1.29 is 9.72 Å². The van der Waals surface area contributed by atoms with Gasteiger partial charge in [-0.3, -0.25) is 14.9 Å². The molecular weight excluding hydrogens is 304 g/mol. The second kappa shape index (κ2) is 7.73. The predicted molar refractivity (Wildman–Crippen MR) is 95.6 cm³/mol. The third-order valence-corrected chi connectivity index (χ3v) is 3.95. The summed E-state index contributed by atoms with van der Waals surface area (Å²) in [4.78, 5) is 25.0. The molecule has 0 aliphatic carbocycles. The number of non-ortho nitro benzene ring substituents is 1. The SMILES string of the molecule is CCCCN(C(=O)c1ccc([N+](=O)[O-])cc1)c1ccc(C)cc1C. The van der Waals surface area contributed by atoms with Gasteiger partial charge in [-0.1, -0.05) is 31.0 Å². The average Bonchev–Trinajstić information content (AvgIpc) is 2.56. The summed E-state index contributed by atoms with van der Waals surface area (Å²) in [5.74, 6) is -0.134. The fourth-order valence-corrected chi connectivity index (χ4v) is 2.64. The molecule has 0 N–H and O–H groups in total. The van der Waals surface area contributed by atoms with Crippen molar-refractivity contribution in [1.82, 2.24) is 0 Å². The highest BCUT2D eigenvalue weighted by atomic mass is 16.6. The third-order valence-electron chi connectivity index (χ3n) is 3.95. The van der Waals surface area contributed by atoms with Crippen LogP contribution in [0.2, 0.25) is 0 Å². The van der Waals surface area contributed by atoms with Crippen LogP contribution in [0, 0.1) is 24.0 Å². The normalized spacial score (nSPS) is 10.5. The Morgan fingerprint density at radius 2 is 1.79 bits per heavy atom. The van der Waals surface area contributed by atoms with Gasteiger partial charge in [0.15, 0.2) is 0 Å². The van der Waals surface area contributed by atoms with Crippen molar-refractivity contribution in [2.75, 3.05) is 11.4 Å². The first-order valence-corrected chi connectivity index (χ1v) is 8.07. The van der Waals surface area contributed by atoms with E-state index in [-0.39, 0.29) is 11.6 Å². The van der Waals surface area contributed by atoms with E-state index in [4.69, 9.17) is 0 Å². The Morgan fingerprint density at radius 1 is 1.12 bits per heavy atom. The molecule has 2 rings (SSSR count). The molecule has 0 spiro atoms. The number of hydrogen-bond acceptors (Lipinski definition) is 3. The minimum atomic E-state index is -0.465. The maximum atomic E-state index is 12.9. The molecule has 0 saturated heterocycles. The van der Waals surface area contributed by atoms with E-state index in [0.29, 0.717) is 12.1 Å². The number of nitro groups is 1. The Bertz CT molecular complexity index is 739. The van der Waals surface area contributed by atoms with Gasteiger partial charge < -0.3 is 4.90 Å². The number of aryl methyl sites for hydroxylation is 2. The van der Waals surface area contributed by atoms with E-state index in [1.807, 2.05) is 26.0 Å². The lowest BCUT2D eigenvalue weighted by Crippen LogP contribution is -2.32. The molecule has 2 aromatic carbocycles. The highest BCUT2D eigenvalue weighted by Crippen LogP contribution is 2.24. The molecule has 0 aliphatic rings. The van der Waals surface area contributed by atoms with Crippen LogP contribution in [-0.4, -0.2) is 17.4 Å². The molecule has 0 atom stereocenters. The van der Waals surface area contributed by atoms with Crippen molar-refractivity contribution in [3.63, 3.8) is 0 Å². The molecule has 24 heavy (non-hydrogen) atoms. The lowest BCUT2D eigenvalue weighted by Gasteiger charge is -2.25. The Hall–Kier alpha value is -2.69. The van der Waals surface area contributed by atoms with E-state index in [9.17, 15) is 14.9 Å². The summed E-state index contributed by atoms with van der Waals surface area (Å²) in [6.07, 6.45) is 1.88. The van der Waals surface area contributed by atoms with Gasteiger partial charge in [-0.2, -0.15) is 0 Å². The minimum Gasteiger partial charge on any atom is -0.308 e. The molecule has 2 aromatic rings. The summed E-state index contributed by atoms with van der Waals surface area (Å²) < 4.78 is 0. The van der Waals surface area contributed by atoms with Crippen molar-refractivity contribution in [3.8, 4) is 0 Å². The number of carbonyl (C=O) groups is 1. The quantitative estimate of drug-likeness (QED) is 0.573. The van der Waals surface area contributed by atoms with Crippen molar-refractivity contribution >= 4 is 17.3 Å². The van der Waals surface area contributed by atoms with Gasteiger partial charge in [0.1, 0.15) is 0 Å². The molecule has 0 bridgehead atoms. The van der Waals surface area contributed by atoms with Gasteiger partial charge in [0.2, 0.25) is 0 Å². The number of nitrogens with zero attached hydrogens (tertiary/aromatic N) is 2. The highest BCUT2D eigenvalue weighted by molar-refractivity contribution is 6.06. The van der Waals surface area contributed by atoms with E-state index in [0.717, 1.165) is 29.7 Å². The van der Waals surface area contributed by atoms with E-state index in [1.54, 1.807) is 4.90 Å². The predicted octanol–water partition coefficient (Wildman–Crippen LogP) is 4.66.